The highest BCUT2D eigenvalue weighted by atomic mass is 32.2. The van der Waals surface area contributed by atoms with Crippen LogP contribution in [0, 0.1) is 0 Å². The molecule has 1 unspecified atom stereocenters. The minimum Gasteiger partial charge on any atom is -0.387 e. The van der Waals surface area contributed by atoms with Gasteiger partial charge in [0, 0.05) is 18.4 Å². The minimum atomic E-state index is -0.718. The second-order valence-electron chi connectivity index (χ2n) is 3.73. The predicted molar refractivity (Wildman–Crippen MR) is 71.3 cm³/mol. The Morgan fingerprint density at radius 1 is 1.44 bits per heavy atom. The Hall–Kier alpha value is -0.460. The molecule has 0 aromatic carbocycles. The second-order valence-corrected chi connectivity index (χ2v) is 5.42. The van der Waals surface area contributed by atoms with Crippen molar-refractivity contribution in [3.05, 3.63) is 12.4 Å². The molecule has 0 amide bonds. The first-order valence-electron chi connectivity index (χ1n) is 4.88. The van der Waals surface area contributed by atoms with Gasteiger partial charge < -0.3 is 10.4 Å². The molecule has 0 aliphatic heterocycles. The van der Waals surface area contributed by atoms with Gasteiger partial charge in [0.2, 0.25) is 0 Å². The molecule has 16 heavy (non-hydrogen) atoms. The van der Waals surface area contributed by atoms with E-state index >= 15 is 0 Å². The van der Waals surface area contributed by atoms with E-state index in [2.05, 4.69) is 15.3 Å². The Morgan fingerprint density at radius 3 is 2.81 bits per heavy atom. The maximum atomic E-state index is 9.97. The van der Waals surface area contributed by atoms with Crippen LogP contribution in [0.5, 0.6) is 0 Å². The van der Waals surface area contributed by atoms with Gasteiger partial charge in [0.05, 0.1) is 5.60 Å². The first-order chi connectivity index (χ1) is 7.57. The minimum absolute atomic E-state index is 0.485. The van der Waals surface area contributed by atoms with E-state index in [9.17, 15) is 5.11 Å². The maximum Gasteiger partial charge on any atom is 0.130 e. The monoisotopic (exact) mass is 259 g/mol. The van der Waals surface area contributed by atoms with E-state index in [4.69, 9.17) is 0 Å². The third-order valence-corrected chi connectivity index (χ3v) is 3.51. The summed E-state index contributed by atoms with van der Waals surface area (Å²) in [5.41, 5.74) is -0.718. The molecule has 1 aromatic heterocycles. The van der Waals surface area contributed by atoms with Crippen molar-refractivity contribution in [1.29, 1.82) is 0 Å². The van der Waals surface area contributed by atoms with E-state index in [1.165, 1.54) is 6.33 Å². The van der Waals surface area contributed by atoms with Crippen LogP contribution in [0.15, 0.2) is 17.4 Å². The summed E-state index contributed by atoms with van der Waals surface area (Å²) < 4.78 is 0. The van der Waals surface area contributed by atoms with E-state index < -0.39 is 5.60 Å². The lowest BCUT2D eigenvalue weighted by atomic mass is 10.1. The molecule has 90 valence electrons. The molecular formula is C10H17N3OS2. The van der Waals surface area contributed by atoms with Crippen molar-refractivity contribution in [2.75, 3.05) is 30.1 Å². The number of nitrogens with one attached hydrogen (secondary N) is 1. The van der Waals surface area contributed by atoms with Gasteiger partial charge in [0.1, 0.15) is 17.2 Å². The van der Waals surface area contributed by atoms with Crippen LogP contribution in [0.1, 0.15) is 6.92 Å². The third-order valence-electron chi connectivity index (χ3n) is 1.96. The normalized spacial score (nSPS) is 14.5. The van der Waals surface area contributed by atoms with Gasteiger partial charge in [-0.3, -0.25) is 0 Å². The van der Waals surface area contributed by atoms with Crippen molar-refractivity contribution < 1.29 is 5.11 Å². The quantitative estimate of drug-likeness (QED) is 0.599. The first-order valence-corrected chi connectivity index (χ1v) is 7.50. The van der Waals surface area contributed by atoms with E-state index in [1.807, 2.05) is 25.5 Å². The number of hydrogen-bond acceptors (Lipinski definition) is 6. The largest absolute Gasteiger partial charge is 0.387 e. The zero-order valence-electron chi connectivity index (χ0n) is 9.73. The number of hydrogen-bond donors (Lipinski definition) is 2. The Kier molecular flexibility index (Phi) is 5.37. The van der Waals surface area contributed by atoms with Crippen molar-refractivity contribution in [3.63, 3.8) is 0 Å². The van der Waals surface area contributed by atoms with Gasteiger partial charge in [-0.15, -0.1) is 11.8 Å². The maximum absolute atomic E-state index is 9.97. The Bertz CT molecular complexity index is 334. The molecule has 1 aromatic rings. The van der Waals surface area contributed by atoms with Gasteiger partial charge >= 0.3 is 0 Å². The average molecular weight is 259 g/mol. The highest BCUT2D eigenvalue weighted by Gasteiger charge is 2.19. The average Bonchev–Trinajstić information content (AvgIpc) is 2.27. The molecule has 0 radical (unpaired) electrons. The molecule has 0 saturated heterocycles. The lowest BCUT2D eigenvalue weighted by Crippen LogP contribution is -2.36. The highest BCUT2D eigenvalue weighted by Crippen LogP contribution is 2.15. The van der Waals surface area contributed by atoms with Crippen molar-refractivity contribution >= 4 is 29.3 Å². The topological polar surface area (TPSA) is 58.0 Å². The summed E-state index contributed by atoms with van der Waals surface area (Å²) >= 11 is 3.19. The van der Waals surface area contributed by atoms with Crippen LogP contribution < -0.4 is 5.32 Å². The number of thioether (sulfide) groups is 2. The molecule has 1 rings (SSSR count). The van der Waals surface area contributed by atoms with Crippen molar-refractivity contribution in [1.82, 2.24) is 9.97 Å². The summed E-state index contributed by atoms with van der Waals surface area (Å²) in [6.07, 6.45) is 5.47. The van der Waals surface area contributed by atoms with Crippen molar-refractivity contribution in [3.8, 4) is 0 Å². The molecular weight excluding hydrogens is 242 g/mol. The molecule has 2 N–H and O–H groups in total. The summed E-state index contributed by atoms with van der Waals surface area (Å²) in [7, 11) is 0. The fourth-order valence-electron chi connectivity index (χ4n) is 1.19. The van der Waals surface area contributed by atoms with Crippen LogP contribution >= 0.6 is 23.5 Å². The fourth-order valence-corrected chi connectivity index (χ4v) is 2.30. The van der Waals surface area contributed by atoms with Crippen molar-refractivity contribution in [2.24, 2.45) is 0 Å². The smallest absolute Gasteiger partial charge is 0.130 e. The molecule has 0 aliphatic carbocycles. The fraction of sp³-hybridized carbons (Fsp3) is 0.600. The summed E-state index contributed by atoms with van der Waals surface area (Å²) in [5, 5.41) is 14.0. The number of aromatic nitrogens is 2. The molecule has 0 spiro atoms. The molecule has 0 saturated carbocycles. The van der Waals surface area contributed by atoms with E-state index in [0.717, 1.165) is 10.8 Å². The number of rotatable bonds is 6. The number of anilines is 1. The Balaban J connectivity index is 2.53. The van der Waals surface area contributed by atoms with Gasteiger partial charge in [-0.05, 0) is 19.4 Å². The summed E-state index contributed by atoms with van der Waals surface area (Å²) in [6, 6.07) is 1.87. The molecule has 0 fully saturated rings. The van der Waals surface area contributed by atoms with E-state index in [1.54, 1.807) is 23.5 Å². The lowest BCUT2D eigenvalue weighted by Gasteiger charge is -2.22. The van der Waals surface area contributed by atoms with Gasteiger partial charge in [-0.25, -0.2) is 9.97 Å². The van der Waals surface area contributed by atoms with Gasteiger partial charge in [-0.2, -0.15) is 11.8 Å². The molecule has 0 aliphatic rings. The van der Waals surface area contributed by atoms with E-state index in [-0.39, 0.29) is 0 Å². The summed E-state index contributed by atoms with van der Waals surface area (Å²) in [4.78, 5) is 8.18. The molecule has 4 nitrogen and oxygen atoms in total. The molecule has 1 heterocycles. The second kappa shape index (κ2) is 6.32. The summed E-state index contributed by atoms with van der Waals surface area (Å²) in [5.74, 6) is 1.45. The van der Waals surface area contributed by atoms with Gasteiger partial charge in [0.25, 0.3) is 0 Å². The zero-order valence-corrected chi connectivity index (χ0v) is 11.4. The number of nitrogens with zero attached hydrogens (tertiary/aromatic N) is 2. The van der Waals surface area contributed by atoms with Crippen LogP contribution in [0.3, 0.4) is 0 Å². The Labute approximate surface area is 105 Å². The zero-order chi connectivity index (χ0) is 12.0. The third kappa shape index (κ3) is 4.59. The lowest BCUT2D eigenvalue weighted by molar-refractivity contribution is 0.0996. The van der Waals surface area contributed by atoms with Crippen LogP contribution in [0.25, 0.3) is 0 Å². The van der Waals surface area contributed by atoms with Crippen LogP contribution in [-0.4, -0.2) is 45.5 Å². The molecule has 0 bridgehead atoms. The SMILES string of the molecule is CSCC(C)(O)CNc1cc(SC)ncn1. The number of aliphatic hydroxyl groups is 1. The molecule has 6 heteroatoms. The first kappa shape index (κ1) is 13.6. The van der Waals surface area contributed by atoms with Crippen LogP contribution in [-0.2, 0) is 0 Å². The van der Waals surface area contributed by atoms with Crippen LogP contribution in [0.4, 0.5) is 5.82 Å². The van der Waals surface area contributed by atoms with Crippen LogP contribution in [0.2, 0.25) is 0 Å². The van der Waals surface area contributed by atoms with Gasteiger partial charge in [0.15, 0.2) is 0 Å². The van der Waals surface area contributed by atoms with Crippen molar-refractivity contribution in [2.45, 2.75) is 17.6 Å². The standard InChI is InChI=1S/C10H17N3OS2/c1-10(14,6-15-2)5-11-8-4-9(16-3)13-7-12-8/h4,7,14H,5-6H2,1-3H3,(H,11,12,13). The Morgan fingerprint density at radius 2 is 2.19 bits per heavy atom. The molecule has 1 atom stereocenters. The van der Waals surface area contributed by atoms with E-state index in [0.29, 0.717) is 12.3 Å². The van der Waals surface area contributed by atoms with Gasteiger partial charge in [-0.1, -0.05) is 0 Å². The highest BCUT2D eigenvalue weighted by molar-refractivity contribution is 7.98. The summed E-state index contributed by atoms with van der Waals surface area (Å²) in [6.45, 7) is 2.30. The predicted octanol–water partition coefficient (Wildman–Crippen LogP) is 1.72.